The first-order chi connectivity index (χ1) is 10.6. The Hall–Kier alpha value is -0.0000000000000000694. The maximum Gasteiger partial charge on any atom is 0.317 e. The van der Waals surface area contributed by atoms with Gasteiger partial charge in [-0.1, -0.05) is 50.3 Å². The third kappa shape index (κ3) is 6.63. The summed E-state index contributed by atoms with van der Waals surface area (Å²) in [4.78, 5) is 10.7. The summed E-state index contributed by atoms with van der Waals surface area (Å²) in [6, 6.07) is 1.00. The highest BCUT2D eigenvalue weighted by Crippen LogP contribution is 2.40. The second-order valence-corrected chi connectivity index (χ2v) is 10.8. The fourth-order valence-corrected chi connectivity index (χ4v) is 7.05. The molecule has 0 saturated heterocycles. The number of carboxylic acid groups (broad SMARTS) is 1. The van der Waals surface area contributed by atoms with Gasteiger partial charge in [0.2, 0.25) is 0 Å². The smallest absolute Gasteiger partial charge is 0.317 e. The normalized spacial score (nSPS) is 21.8. The van der Waals surface area contributed by atoms with Crippen molar-refractivity contribution in [3.05, 3.63) is 0 Å². The van der Waals surface area contributed by atoms with Crippen LogP contribution in [0.4, 0.5) is 0 Å². The lowest BCUT2D eigenvalue weighted by molar-refractivity contribution is -0.135. The molecule has 0 bridgehead atoms. The molecule has 0 aromatic rings. The Morgan fingerprint density at radius 1 is 0.955 bits per heavy atom. The molecule has 2 aliphatic carbocycles. The average molecular weight is 347 g/mol. The zero-order valence-electron chi connectivity index (χ0n) is 13.4. The molecule has 0 atom stereocenters. The summed E-state index contributed by atoms with van der Waals surface area (Å²) in [6.07, 6.45) is 11.2. The maximum absolute atomic E-state index is 10.7. The van der Waals surface area contributed by atoms with Gasteiger partial charge in [-0.2, -0.15) is 0 Å². The molecule has 0 amide bonds. The largest absolute Gasteiger partial charge is 0.480 e. The van der Waals surface area contributed by atoms with Crippen LogP contribution in [0.2, 0.25) is 0 Å². The number of hydrogen-bond donors (Lipinski definition) is 4. The predicted molar refractivity (Wildman–Crippen MR) is 94.8 cm³/mol. The summed E-state index contributed by atoms with van der Waals surface area (Å²) in [6.45, 7) is -0.0168. The number of nitrogens with one attached hydrogen (secondary N) is 3. The van der Waals surface area contributed by atoms with Gasteiger partial charge in [-0.3, -0.25) is 20.3 Å². The van der Waals surface area contributed by atoms with E-state index in [9.17, 15) is 4.79 Å². The van der Waals surface area contributed by atoms with E-state index < -0.39 is 12.3 Å². The Balaban J connectivity index is 1.91. The van der Waals surface area contributed by atoms with Crippen molar-refractivity contribution in [2.45, 2.75) is 76.3 Å². The average Bonchev–Trinajstić information content (AvgIpc) is 2.48. The van der Waals surface area contributed by atoms with Crippen LogP contribution in [0.25, 0.3) is 0 Å². The minimum absolute atomic E-state index is 0.0168. The summed E-state index contributed by atoms with van der Waals surface area (Å²) < 4.78 is 0. The van der Waals surface area contributed by atoms with Crippen LogP contribution in [0.15, 0.2) is 0 Å². The molecule has 0 aromatic heterocycles. The number of carboxylic acids is 1. The van der Waals surface area contributed by atoms with Gasteiger partial charge in [0.05, 0.1) is 19.2 Å². The highest BCUT2D eigenvalue weighted by molar-refractivity contribution is 8.12. The molecular formula is C15H30N3O2PS. The van der Waals surface area contributed by atoms with E-state index in [1.165, 1.54) is 64.2 Å². The monoisotopic (exact) mass is 347 g/mol. The lowest BCUT2D eigenvalue weighted by Gasteiger charge is -2.36. The fraction of sp³-hybridized carbons (Fsp3) is 0.933. The van der Waals surface area contributed by atoms with E-state index in [1.54, 1.807) is 0 Å². The zero-order valence-corrected chi connectivity index (χ0v) is 15.1. The Labute approximate surface area is 139 Å². The van der Waals surface area contributed by atoms with E-state index in [0.717, 1.165) is 0 Å². The molecule has 2 saturated carbocycles. The Kier molecular flexibility index (Phi) is 7.78. The molecule has 4 N–H and O–H groups in total. The molecule has 7 heteroatoms. The van der Waals surface area contributed by atoms with Crippen molar-refractivity contribution in [2.24, 2.45) is 0 Å². The molecule has 0 spiro atoms. The second-order valence-electron chi connectivity index (χ2n) is 6.65. The first-order valence-electron chi connectivity index (χ1n) is 8.64. The van der Waals surface area contributed by atoms with Crippen LogP contribution in [-0.2, 0) is 16.6 Å². The summed E-state index contributed by atoms with van der Waals surface area (Å²) in [5.41, 5.74) is 0. The van der Waals surface area contributed by atoms with Gasteiger partial charge in [0, 0.05) is 12.1 Å². The third-order valence-corrected chi connectivity index (χ3v) is 7.86. The highest BCUT2D eigenvalue weighted by Gasteiger charge is 2.26. The van der Waals surface area contributed by atoms with Crippen LogP contribution in [0.1, 0.15) is 64.2 Å². The summed E-state index contributed by atoms with van der Waals surface area (Å²) in [7, 11) is 0. The lowest BCUT2D eigenvalue weighted by Crippen LogP contribution is -2.41. The van der Waals surface area contributed by atoms with Crippen molar-refractivity contribution in [2.75, 3.05) is 12.8 Å². The van der Waals surface area contributed by atoms with E-state index in [1.807, 2.05) is 0 Å². The van der Waals surface area contributed by atoms with E-state index in [0.29, 0.717) is 18.4 Å². The van der Waals surface area contributed by atoms with E-state index in [-0.39, 0.29) is 6.54 Å². The van der Waals surface area contributed by atoms with E-state index in [4.69, 9.17) is 16.9 Å². The van der Waals surface area contributed by atoms with Crippen LogP contribution >= 0.6 is 6.34 Å². The van der Waals surface area contributed by atoms with Gasteiger partial charge >= 0.3 is 5.97 Å². The molecule has 0 heterocycles. The molecule has 22 heavy (non-hydrogen) atoms. The first kappa shape index (κ1) is 18.3. The molecular weight excluding hydrogens is 317 g/mol. The van der Waals surface area contributed by atoms with E-state index in [2.05, 4.69) is 15.5 Å². The van der Waals surface area contributed by atoms with Gasteiger partial charge < -0.3 is 5.11 Å². The van der Waals surface area contributed by atoms with Crippen molar-refractivity contribution in [1.29, 1.82) is 0 Å². The zero-order chi connectivity index (χ0) is 15.8. The van der Waals surface area contributed by atoms with E-state index >= 15 is 0 Å². The summed E-state index contributed by atoms with van der Waals surface area (Å²) >= 11 is 5.95. The quantitative estimate of drug-likeness (QED) is 0.506. The minimum Gasteiger partial charge on any atom is -0.480 e. The molecule has 2 aliphatic rings. The second kappa shape index (κ2) is 9.33. The molecule has 128 valence electrons. The predicted octanol–water partition coefficient (Wildman–Crippen LogP) is 2.77. The molecule has 5 nitrogen and oxygen atoms in total. The van der Waals surface area contributed by atoms with Crippen LogP contribution in [0, 0.1) is 0 Å². The summed E-state index contributed by atoms with van der Waals surface area (Å²) in [5.74, 6) is -0.822. The van der Waals surface area contributed by atoms with Crippen molar-refractivity contribution < 1.29 is 9.90 Å². The van der Waals surface area contributed by atoms with Crippen LogP contribution in [0.5, 0.6) is 0 Å². The fourth-order valence-electron chi connectivity index (χ4n) is 3.50. The maximum atomic E-state index is 10.7. The van der Waals surface area contributed by atoms with Gasteiger partial charge in [-0.15, -0.1) is 0 Å². The SMILES string of the molecule is O=C(O)CNCP(=S)(NC1CCCCC1)NC1CCCCC1. The molecule has 2 fully saturated rings. The molecule has 0 unspecified atom stereocenters. The van der Waals surface area contributed by atoms with Crippen molar-refractivity contribution >= 4 is 24.1 Å². The standard InChI is InChI=1S/C15H30N3O2PS/c19-15(20)11-16-12-21(22,17-13-7-3-1-4-8-13)18-14-9-5-2-6-10-14/h13-14,16H,1-12H2,(H,19,20)(H2,17,18,22). The summed E-state index contributed by atoms with van der Waals surface area (Å²) in [5, 5.41) is 19.3. The highest BCUT2D eigenvalue weighted by atomic mass is 32.4. The Bertz CT molecular complexity index is 372. The number of aliphatic carboxylic acids is 1. The van der Waals surface area contributed by atoms with Crippen LogP contribution in [-0.4, -0.2) is 36.0 Å². The lowest BCUT2D eigenvalue weighted by atomic mass is 9.96. The molecule has 0 radical (unpaired) electrons. The van der Waals surface area contributed by atoms with Crippen molar-refractivity contribution in [3.8, 4) is 0 Å². The number of rotatable bonds is 8. The van der Waals surface area contributed by atoms with Crippen molar-refractivity contribution in [1.82, 2.24) is 15.5 Å². The van der Waals surface area contributed by atoms with Crippen LogP contribution < -0.4 is 15.5 Å². The third-order valence-electron chi connectivity index (χ3n) is 4.60. The molecule has 2 rings (SSSR count). The van der Waals surface area contributed by atoms with Gasteiger partial charge in [-0.25, -0.2) is 0 Å². The Morgan fingerprint density at radius 2 is 1.41 bits per heavy atom. The minimum atomic E-state index is -1.95. The van der Waals surface area contributed by atoms with Crippen LogP contribution in [0.3, 0.4) is 0 Å². The number of hydrogen-bond acceptors (Lipinski definition) is 3. The van der Waals surface area contributed by atoms with Gasteiger partial charge in [0.1, 0.15) is 0 Å². The Morgan fingerprint density at radius 3 is 1.82 bits per heavy atom. The van der Waals surface area contributed by atoms with Gasteiger partial charge in [0.25, 0.3) is 0 Å². The van der Waals surface area contributed by atoms with Gasteiger partial charge in [0.15, 0.2) is 0 Å². The molecule has 0 aliphatic heterocycles. The van der Waals surface area contributed by atoms with Crippen molar-refractivity contribution in [3.63, 3.8) is 0 Å². The first-order valence-corrected chi connectivity index (χ1v) is 11.6. The van der Waals surface area contributed by atoms with Gasteiger partial charge in [-0.05, 0) is 25.7 Å². The topological polar surface area (TPSA) is 73.4 Å². The molecule has 0 aromatic carbocycles. The number of carbonyl (C=O) groups is 1.